The van der Waals surface area contributed by atoms with E-state index in [-0.39, 0.29) is 0 Å². The molecule has 0 fully saturated rings. The maximum atomic E-state index is 4.65. The van der Waals surface area contributed by atoms with E-state index in [4.69, 9.17) is 0 Å². The summed E-state index contributed by atoms with van der Waals surface area (Å²) in [4.78, 5) is 11.5. The van der Waals surface area contributed by atoms with E-state index in [0.717, 1.165) is 21.2 Å². The fourth-order valence-corrected chi connectivity index (χ4v) is 3.88. The Balaban J connectivity index is 2.25. The molecule has 0 aromatic carbocycles. The summed E-state index contributed by atoms with van der Waals surface area (Å²) in [6.45, 7) is 4.24. The lowest BCUT2D eigenvalue weighted by Gasteiger charge is -2.03. The second-order valence-corrected chi connectivity index (χ2v) is 6.37. The molecule has 2 nitrogen and oxygen atoms in total. The highest BCUT2D eigenvalue weighted by atomic mass is 79.9. The molecular formula is C14H11BrN2S. The molecule has 0 aliphatic rings. The summed E-state index contributed by atoms with van der Waals surface area (Å²) in [6, 6.07) is 8.09. The van der Waals surface area contributed by atoms with Crippen molar-refractivity contribution in [2.75, 3.05) is 0 Å². The number of nitrogens with zero attached hydrogens (tertiary/aromatic N) is 2. The van der Waals surface area contributed by atoms with Crippen molar-refractivity contribution in [1.82, 2.24) is 9.97 Å². The molecule has 90 valence electrons. The van der Waals surface area contributed by atoms with Gasteiger partial charge in [-0.15, -0.1) is 11.3 Å². The fraction of sp³-hybridized carbons (Fsp3) is 0.143. The van der Waals surface area contributed by atoms with Gasteiger partial charge in [-0.3, -0.25) is 0 Å². The molecule has 0 aliphatic heterocycles. The van der Waals surface area contributed by atoms with E-state index in [1.165, 1.54) is 15.3 Å². The smallest absolute Gasteiger partial charge is 0.159 e. The van der Waals surface area contributed by atoms with Crippen molar-refractivity contribution in [2.24, 2.45) is 0 Å². The number of halogens is 1. The van der Waals surface area contributed by atoms with Gasteiger partial charge in [-0.25, -0.2) is 9.97 Å². The average Bonchev–Trinajstić information content (AvgIpc) is 2.63. The average molecular weight is 319 g/mol. The number of fused-ring (bicyclic) bond motifs is 1. The Morgan fingerprint density at radius 1 is 1.11 bits per heavy atom. The molecule has 0 bridgehead atoms. The van der Waals surface area contributed by atoms with Gasteiger partial charge in [0.2, 0.25) is 0 Å². The third-order valence-corrected chi connectivity index (χ3v) is 5.18. The third-order valence-electron chi connectivity index (χ3n) is 2.91. The van der Waals surface area contributed by atoms with Crippen LogP contribution in [0.5, 0.6) is 0 Å². The molecule has 4 heteroatoms. The summed E-state index contributed by atoms with van der Waals surface area (Å²) in [6.07, 6.45) is 1.78. The first-order valence-corrected chi connectivity index (χ1v) is 7.25. The zero-order valence-electron chi connectivity index (χ0n) is 10.1. The van der Waals surface area contributed by atoms with Crippen molar-refractivity contribution in [3.8, 4) is 11.3 Å². The second kappa shape index (κ2) is 4.44. The van der Waals surface area contributed by atoms with Gasteiger partial charge in [-0.1, -0.05) is 0 Å². The first-order valence-electron chi connectivity index (χ1n) is 5.64. The number of aryl methyl sites for hydroxylation is 2. The zero-order valence-corrected chi connectivity index (χ0v) is 12.5. The van der Waals surface area contributed by atoms with Gasteiger partial charge >= 0.3 is 0 Å². The summed E-state index contributed by atoms with van der Waals surface area (Å²) in [5, 5.41) is 1.07. The van der Waals surface area contributed by atoms with Gasteiger partial charge in [0, 0.05) is 31.4 Å². The van der Waals surface area contributed by atoms with Gasteiger partial charge in [0.15, 0.2) is 5.65 Å². The monoisotopic (exact) mass is 318 g/mol. The van der Waals surface area contributed by atoms with Crippen LogP contribution in [0.25, 0.3) is 22.3 Å². The van der Waals surface area contributed by atoms with Crippen LogP contribution in [0.15, 0.2) is 34.9 Å². The van der Waals surface area contributed by atoms with E-state index >= 15 is 0 Å². The molecule has 0 N–H and O–H groups in total. The number of thiophene rings is 1. The molecule has 0 amide bonds. The highest BCUT2D eigenvalue weighted by Gasteiger charge is 2.14. The Morgan fingerprint density at radius 3 is 2.67 bits per heavy atom. The number of aromatic nitrogens is 2. The summed E-state index contributed by atoms with van der Waals surface area (Å²) in [7, 11) is 0. The molecule has 3 rings (SSSR count). The summed E-state index contributed by atoms with van der Waals surface area (Å²) >= 11 is 5.44. The van der Waals surface area contributed by atoms with Crippen LogP contribution >= 0.6 is 27.3 Å². The highest BCUT2D eigenvalue weighted by molar-refractivity contribution is 9.10. The molecule has 0 atom stereocenters. The van der Waals surface area contributed by atoms with Crippen molar-refractivity contribution >= 4 is 38.3 Å². The predicted octanol–water partition coefficient (Wildman–Crippen LogP) is 4.74. The van der Waals surface area contributed by atoms with Crippen molar-refractivity contribution in [3.63, 3.8) is 0 Å². The molecule has 0 saturated carbocycles. The van der Waals surface area contributed by atoms with Crippen LogP contribution in [0.1, 0.15) is 9.75 Å². The molecule has 0 spiro atoms. The SMILES string of the molecule is Cc1sc(C)c(-c2ccc3cccnc3n2)c1Br. The van der Waals surface area contributed by atoms with Crippen molar-refractivity contribution in [2.45, 2.75) is 13.8 Å². The van der Waals surface area contributed by atoms with E-state index in [9.17, 15) is 0 Å². The van der Waals surface area contributed by atoms with Gasteiger partial charge in [-0.2, -0.15) is 0 Å². The Bertz CT molecular complexity index is 734. The van der Waals surface area contributed by atoms with Gasteiger partial charge in [0.05, 0.1) is 5.69 Å². The molecule has 3 heterocycles. The van der Waals surface area contributed by atoms with E-state index in [1.54, 1.807) is 17.5 Å². The Kier molecular flexibility index (Phi) is 2.92. The van der Waals surface area contributed by atoms with E-state index < -0.39 is 0 Å². The first-order chi connectivity index (χ1) is 8.66. The fourth-order valence-electron chi connectivity index (χ4n) is 2.04. The first kappa shape index (κ1) is 11.8. The Labute approximate surface area is 118 Å². The summed E-state index contributed by atoms with van der Waals surface area (Å²) in [5.41, 5.74) is 2.96. The van der Waals surface area contributed by atoms with Crippen LogP contribution in [-0.4, -0.2) is 9.97 Å². The lowest BCUT2D eigenvalue weighted by molar-refractivity contribution is 1.28. The quantitative estimate of drug-likeness (QED) is 0.647. The number of pyridine rings is 2. The lowest BCUT2D eigenvalue weighted by atomic mass is 10.1. The highest BCUT2D eigenvalue weighted by Crippen LogP contribution is 2.39. The maximum absolute atomic E-state index is 4.65. The normalized spacial score (nSPS) is 11.1. The molecular weight excluding hydrogens is 308 g/mol. The minimum Gasteiger partial charge on any atom is -0.237 e. The van der Waals surface area contributed by atoms with Crippen LogP contribution in [0.4, 0.5) is 0 Å². The molecule has 18 heavy (non-hydrogen) atoms. The van der Waals surface area contributed by atoms with Crippen molar-refractivity contribution in [1.29, 1.82) is 0 Å². The van der Waals surface area contributed by atoms with E-state index in [1.807, 2.05) is 12.1 Å². The van der Waals surface area contributed by atoms with Crippen LogP contribution < -0.4 is 0 Å². The van der Waals surface area contributed by atoms with Crippen molar-refractivity contribution < 1.29 is 0 Å². The predicted molar refractivity (Wildman–Crippen MR) is 80.0 cm³/mol. The van der Waals surface area contributed by atoms with Gasteiger partial charge in [0.25, 0.3) is 0 Å². The summed E-state index contributed by atoms with van der Waals surface area (Å²) < 4.78 is 1.15. The second-order valence-electron chi connectivity index (χ2n) is 4.15. The Morgan fingerprint density at radius 2 is 1.94 bits per heavy atom. The molecule has 0 aliphatic carbocycles. The molecule has 0 radical (unpaired) electrons. The number of hydrogen-bond donors (Lipinski definition) is 0. The minimum atomic E-state index is 0.796. The molecule has 3 aromatic heterocycles. The number of hydrogen-bond acceptors (Lipinski definition) is 3. The third kappa shape index (κ3) is 1.85. The largest absolute Gasteiger partial charge is 0.237 e. The molecule has 3 aromatic rings. The van der Waals surface area contributed by atoms with Gasteiger partial charge in [-0.05, 0) is 54.0 Å². The van der Waals surface area contributed by atoms with Crippen molar-refractivity contribution in [3.05, 3.63) is 44.7 Å². The lowest BCUT2D eigenvalue weighted by Crippen LogP contribution is -1.88. The summed E-state index contributed by atoms with van der Waals surface area (Å²) in [5.74, 6) is 0. The van der Waals surface area contributed by atoms with Gasteiger partial charge < -0.3 is 0 Å². The maximum Gasteiger partial charge on any atom is 0.159 e. The van der Waals surface area contributed by atoms with E-state index in [2.05, 4.69) is 51.9 Å². The van der Waals surface area contributed by atoms with Crippen LogP contribution in [0.2, 0.25) is 0 Å². The number of rotatable bonds is 1. The topological polar surface area (TPSA) is 25.8 Å². The van der Waals surface area contributed by atoms with Crippen LogP contribution in [-0.2, 0) is 0 Å². The van der Waals surface area contributed by atoms with E-state index in [0.29, 0.717) is 0 Å². The Hall–Kier alpha value is -1.26. The standard InChI is InChI=1S/C14H11BrN2S/c1-8-12(13(15)9(2)18-8)11-6-5-10-4-3-7-16-14(10)17-11/h3-7H,1-2H3. The minimum absolute atomic E-state index is 0.796. The van der Waals surface area contributed by atoms with Crippen LogP contribution in [0.3, 0.4) is 0 Å². The molecule has 0 unspecified atom stereocenters. The van der Waals surface area contributed by atoms with Gasteiger partial charge in [0.1, 0.15) is 0 Å². The van der Waals surface area contributed by atoms with Crippen LogP contribution in [0, 0.1) is 13.8 Å². The molecule has 0 saturated heterocycles. The zero-order chi connectivity index (χ0) is 12.7.